The van der Waals surface area contributed by atoms with E-state index in [2.05, 4.69) is 5.32 Å². The fourth-order valence-corrected chi connectivity index (χ4v) is 1.98. The molecular formula is C15H13ClN2O2. The van der Waals surface area contributed by atoms with Gasteiger partial charge in [-0.15, -0.1) is 0 Å². The Labute approximate surface area is 121 Å². The van der Waals surface area contributed by atoms with E-state index in [1.807, 2.05) is 13.0 Å². The van der Waals surface area contributed by atoms with E-state index in [1.165, 1.54) is 24.3 Å². The number of hydrogen-bond donors (Lipinski definition) is 2. The van der Waals surface area contributed by atoms with Crippen LogP contribution in [0.2, 0.25) is 5.02 Å². The lowest BCUT2D eigenvalue weighted by molar-refractivity contribution is 0.0995. The molecule has 3 N–H and O–H groups in total. The highest BCUT2D eigenvalue weighted by Crippen LogP contribution is 2.23. The maximum absolute atomic E-state index is 12.0. The van der Waals surface area contributed by atoms with Gasteiger partial charge in [0.2, 0.25) is 5.91 Å². The van der Waals surface area contributed by atoms with Gasteiger partial charge in [-0.25, -0.2) is 0 Å². The van der Waals surface area contributed by atoms with E-state index in [1.54, 1.807) is 12.1 Å². The van der Waals surface area contributed by atoms with E-state index in [0.717, 1.165) is 5.56 Å². The van der Waals surface area contributed by atoms with E-state index in [4.69, 9.17) is 17.3 Å². The minimum absolute atomic E-state index is 0.299. The van der Waals surface area contributed by atoms with E-state index in [0.29, 0.717) is 21.8 Å². The van der Waals surface area contributed by atoms with Crippen LogP contribution in [0.4, 0.5) is 5.69 Å². The van der Waals surface area contributed by atoms with Crippen LogP contribution >= 0.6 is 11.6 Å². The molecule has 0 fully saturated rings. The number of amides is 2. The highest BCUT2D eigenvalue weighted by Gasteiger charge is 2.09. The van der Waals surface area contributed by atoms with Crippen molar-refractivity contribution >= 4 is 29.1 Å². The number of rotatable bonds is 3. The molecule has 0 aliphatic carbocycles. The summed E-state index contributed by atoms with van der Waals surface area (Å²) < 4.78 is 0. The molecule has 0 saturated heterocycles. The van der Waals surface area contributed by atoms with E-state index < -0.39 is 5.91 Å². The van der Waals surface area contributed by atoms with Gasteiger partial charge in [-0.05, 0) is 48.9 Å². The van der Waals surface area contributed by atoms with Crippen molar-refractivity contribution < 1.29 is 9.59 Å². The predicted octanol–water partition coefficient (Wildman–Crippen LogP) is 3.00. The fraction of sp³-hybridized carbons (Fsp3) is 0.0667. The van der Waals surface area contributed by atoms with Crippen LogP contribution in [0.5, 0.6) is 0 Å². The van der Waals surface area contributed by atoms with Crippen molar-refractivity contribution in [3.8, 4) is 0 Å². The molecule has 102 valence electrons. The van der Waals surface area contributed by atoms with Crippen molar-refractivity contribution in [1.29, 1.82) is 0 Å². The minimum Gasteiger partial charge on any atom is -0.366 e. The van der Waals surface area contributed by atoms with Crippen LogP contribution in [-0.4, -0.2) is 11.8 Å². The van der Waals surface area contributed by atoms with Crippen LogP contribution in [0.25, 0.3) is 0 Å². The van der Waals surface area contributed by atoms with Crippen LogP contribution in [0.1, 0.15) is 26.3 Å². The Balaban J connectivity index is 2.17. The molecule has 0 unspecified atom stereocenters. The minimum atomic E-state index is -0.529. The first-order valence-corrected chi connectivity index (χ1v) is 6.32. The lowest BCUT2D eigenvalue weighted by atomic mass is 10.1. The molecule has 0 aromatic heterocycles. The molecule has 0 aliphatic heterocycles. The van der Waals surface area contributed by atoms with Crippen molar-refractivity contribution in [2.45, 2.75) is 6.92 Å². The summed E-state index contributed by atoms with van der Waals surface area (Å²) in [7, 11) is 0. The van der Waals surface area contributed by atoms with Crippen molar-refractivity contribution in [2.75, 3.05) is 5.32 Å². The normalized spacial score (nSPS) is 10.1. The lowest BCUT2D eigenvalue weighted by Gasteiger charge is -2.08. The van der Waals surface area contributed by atoms with Gasteiger partial charge in [0.25, 0.3) is 5.91 Å². The largest absolute Gasteiger partial charge is 0.366 e. The molecule has 0 atom stereocenters. The molecule has 20 heavy (non-hydrogen) atoms. The first-order valence-electron chi connectivity index (χ1n) is 5.95. The first kappa shape index (κ1) is 14.1. The number of benzene rings is 2. The summed E-state index contributed by atoms with van der Waals surface area (Å²) >= 11 is 6.05. The molecule has 0 radical (unpaired) electrons. The Bertz CT molecular complexity index is 666. The first-order chi connectivity index (χ1) is 9.47. The molecule has 0 aliphatic rings. The lowest BCUT2D eigenvalue weighted by Crippen LogP contribution is -2.14. The van der Waals surface area contributed by atoms with Crippen LogP contribution in [0.15, 0.2) is 42.5 Å². The number of anilines is 1. The van der Waals surface area contributed by atoms with E-state index >= 15 is 0 Å². The average molecular weight is 289 g/mol. The van der Waals surface area contributed by atoms with Crippen molar-refractivity contribution in [2.24, 2.45) is 5.73 Å². The third kappa shape index (κ3) is 3.16. The number of hydrogen-bond acceptors (Lipinski definition) is 2. The predicted molar refractivity (Wildman–Crippen MR) is 79.1 cm³/mol. The molecule has 0 heterocycles. The molecule has 2 aromatic rings. The Morgan fingerprint density at radius 3 is 2.20 bits per heavy atom. The fourth-order valence-electron chi connectivity index (χ4n) is 1.70. The molecule has 2 rings (SSSR count). The summed E-state index contributed by atoms with van der Waals surface area (Å²) in [5, 5.41) is 3.19. The van der Waals surface area contributed by atoms with Gasteiger partial charge >= 0.3 is 0 Å². The van der Waals surface area contributed by atoms with Gasteiger partial charge in [0, 0.05) is 11.1 Å². The third-order valence-corrected chi connectivity index (χ3v) is 3.12. The topological polar surface area (TPSA) is 72.2 Å². The van der Waals surface area contributed by atoms with Crippen LogP contribution < -0.4 is 11.1 Å². The Morgan fingerprint density at radius 2 is 1.65 bits per heavy atom. The van der Waals surface area contributed by atoms with Gasteiger partial charge < -0.3 is 11.1 Å². The van der Waals surface area contributed by atoms with Crippen LogP contribution in [-0.2, 0) is 0 Å². The molecular weight excluding hydrogens is 276 g/mol. The zero-order valence-electron chi connectivity index (χ0n) is 10.8. The second kappa shape index (κ2) is 5.75. The zero-order valence-corrected chi connectivity index (χ0v) is 11.6. The van der Waals surface area contributed by atoms with Crippen molar-refractivity contribution in [1.82, 2.24) is 0 Å². The average Bonchev–Trinajstić information content (AvgIpc) is 2.42. The second-order valence-corrected chi connectivity index (χ2v) is 4.79. The Morgan fingerprint density at radius 1 is 1.05 bits per heavy atom. The number of carbonyl (C=O) groups excluding carboxylic acids is 2. The third-order valence-electron chi connectivity index (χ3n) is 2.80. The smallest absolute Gasteiger partial charge is 0.255 e. The molecule has 0 saturated carbocycles. The van der Waals surface area contributed by atoms with Gasteiger partial charge in [0.05, 0.1) is 10.7 Å². The highest BCUT2D eigenvalue weighted by atomic mass is 35.5. The number of nitrogens with one attached hydrogen (secondary N) is 1. The number of aryl methyl sites for hydroxylation is 1. The summed E-state index contributed by atoms with van der Waals surface area (Å²) in [5.41, 5.74) is 7.48. The number of nitrogens with two attached hydrogens (primary N) is 1. The molecule has 2 amide bonds. The summed E-state index contributed by atoms with van der Waals surface area (Å²) in [5.74, 6) is -0.828. The maximum Gasteiger partial charge on any atom is 0.255 e. The Kier molecular flexibility index (Phi) is 4.05. The van der Waals surface area contributed by atoms with Gasteiger partial charge in [0.1, 0.15) is 0 Å². The SMILES string of the molecule is Cc1ccc(NC(=O)c2ccc(C(N)=O)cc2)c(Cl)c1. The summed E-state index contributed by atoms with van der Waals surface area (Å²) in [6.07, 6.45) is 0. The van der Waals surface area contributed by atoms with Crippen LogP contribution in [0, 0.1) is 6.92 Å². The molecule has 4 nitrogen and oxygen atoms in total. The number of halogens is 1. The van der Waals surface area contributed by atoms with Crippen LogP contribution in [0.3, 0.4) is 0 Å². The standard InChI is InChI=1S/C15H13ClN2O2/c1-9-2-7-13(12(16)8-9)18-15(20)11-5-3-10(4-6-11)14(17)19/h2-8H,1H3,(H2,17,19)(H,18,20). The molecule has 0 spiro atoms. The quantitative estimate of drug-likeness (QED) is 0.911. The van der Waals surface area contributed by atoms with Gasteiger partial charge in [-0.2, -0.15) is 0 Å². The molecule has 0 bridgehead atoms. The van der Waals surface area contributed by atoms with E-state index in [9.17, 15) is 9.59 Å². The highest BCUT2D eigenvalue weighted by molar-refractivity contribution is 6.34. The maximum atomic E-state index is 12.0. The van der Waals surface area contributed by atoms with E-state index in [-0.39, 0.29) is 5.91 Å². The van der Waals surface area contributed by atoms with Gasteiger partial charge in [-0.3, -0.25) is 9.59 Å². The van der Waals surface area contributed by atoms with Gasteiger partial charge in [-0.1, -0.05) is 17.7 Å². The summed E-state index contributed by atoms with van der Waals surface area (Å²) in [6.45, 7) is 1.92. The van der Waals surface area contributed by atoms with Crippen molar-refractivity contribution in [3.05, 3.63) is 64.2 Å². The van der Waals surface area contributed by atoms with Crippen molar-refractivity contribution in [3.63, 3.8) is 0 Å². The number of primary amides is 1. The second-order valence-electron chi connectivity index (χ2n) is 4.38. The summed E-state index contributed by atoms with van der Waals surface area (Å²) in [4.78, 5) is 23.0. The summed E-state index contributed by atoms with van der Waals surface area (Å²) in [6, 6.07) is 11.5. The van der Waals surface area contributed by atoms with Gasteiger partial charge in [0.15, 0.2) is 0 Å². The molecule has 5 heteroatoms. The number of carbonyl (C=O) groups is 2. The Hall–Kier alpha value is -2.33. The zero-order chi connectivity index (χ0) is 14.7. The monoisotopic (exact) mass is 288 g/mol. The molecule has 2 aromatic carbocycles.